The Labute approximate surface area is 170 Å². The molecule has 1 atom stereocenters. The highest BCUT2D eigenvalue weighted by atomic mass is 16.3. The van der Waals surface area contributed by atoms with E-state index in [0.717, 1.165) is 12.1 Å². The quantitative estimate of drug-likeness (QED) is 0.813. The number of nitrogens with one attached hydrogen (secondary N) is 1. The Balaban J connectivity index is 1.52. The molecule has 1 aromatic heterocycles. The van der Waals surface area contributed by atoms with Gasteiger partial charge in [0.25, 0.3) is 5.91 Å². The van der Waals surface area contributed by atoms with Crippen molar-refractivity contribution in [1.82, 2.24) is 20.0 Å². The first-order valence-corrected chi connectivity index (χ1v) is 10.4. The second-order valence-corrected chi connectivity index (χ2v) is 8.52. The monoisotopic (exact) mass is 396 g/mol. The van der Waals surface area contributed by atoms with E-state index in [1.165, 1.54) is 12.8 Å². The number of aromatic hydroxyl groups is 1. The minimum Gasteiger partial charge on any atom is -0.508 e. The zero-order chi connectivity index (χ0) is 20.5. The summed E-state index contributed by atoms with van der Waals surface area (Å²) in [5.74, 6) is 1.11. The van der Waals surface area contributed by atoms with Gasteiger partial charge in [0.15, 0.2) is 0 Å². The van der Waals surface area contributed by atoms with Gasteiger partial charge in [-0.05, 0) is 55.0 Å². The summed E-state index contributed by atoms with van der Waals surface area (Å²) in [4.78, 5) is 29.7. The number of aromatic nitrogens is 2. The second-order valence-electron chi connectivity index (χ2n) is 8.52. The van der Waals surface area contributed by atoms with Crippen molar-refractivity contribution in [2.24, 2.45) is 11.8 Å². The molecule has 2 aromatic rings. The van der Waals surface area contributed by atoms with Crippen LogP contribution in [0.2, 0.25) is 0 Å². The van der Waals surface area contributed by atoms with Gasteiger partial charge in [0.2, 0.25) is 5.91 Å². The zero-order valence-electron chi connectivity index (χ0n) is 17.0. The minimum absolute atomic E-state index is 0.0361. The predicted octanol–water partition coefficient (Wildman–Crippen LogP) is 2.89. The minimum atomic E-state index is -0.130. The molecule has 7 heteroatoms. The van der Waals surface area contributed by atoms with Crippen molar-refractivity contribution in [3.05, 3.63) is 36.0 Å². The smallest absolute Gasteiger partial charge is 0.271 e. The van der Waals surface area contributed by atoms with E-state index in [1.807, 2.05) is 4.90 Å². The number of rotatable bonds is 5. The van der Waals surface area contributed by atoms with Gasteiger partial charge in [0.05, 0.1) is 11.7 Å². The van der Waals surface area contributed by atoms with Crippen LogP contribution in [-0.2, 0) is 4.79 Å². The lowest BCUT2D eigenvalue weighted by Gasteiger charge is -2.34. The largest absolute Gasteiger partial charge is 0.508 e. The molecule has 2 heterocycles. The van der Waals surface area contributed by atoms with E-state index in [9.17, 15) is 14.7 Å². The van der Waals surface area contributed by atoms with Crippen LogP contribution in [-0.4, -0.2) is 62.6 Å². The number of aromatic amines is 1. The molecule has 0 unspecified atom stereocenters. The molecule has 0 radical (unpaired) electrons. The first-order valence-electron chi connectivity index (χ1n) is 10.4. The van der Waals surface area contributed by atoms with Crippen LogP contribution in [0.1, 0.15) is 43.6 Å². The fraction of sp³-hybridized carbons (Fsp3) is 0.500. The summed E-state index contributed by atoms with van der Waals surface area (Å²) in [6.45, 7) is 6.02. The Morgan fingerprint density at radius 2 is 2.00 bits per heavy atom. The van der Waals surface area contributed by atoms with E-state index in [4.69, 9.17) is 0 Å². The van der Waals surface area contributed by atoms with Crippen molar-refractivity contribution in [2.45, 2.75) is 39.2 Å². The van der Waals surface area contributed by atoms with E-state index >= 15 is 0 Å². The summed E-state index contributed by atoms with van der Waals surface area (Å²) in [6.07, 6.45) is 2.76. The molecule has 1 aliphatic heterocycles. The SMILES string of the molecule is CC(C)[C@H]1CN(C(=O)c2cc(-c3ccc(O)cc3)n[nH]2)CCC(=O)N1CC1CC1. The Morgan fingerprint density at radius 3 is 2.66 bits per heavy atom. The van der Waals surface area contributed by atoms with Crippen LogP contribution in [0.4, 0.5) is 0 Å². The van der Waals surface area contributed by atoms with Crippen LogP contribution >= 0.6 is 0 Å². The maximum Gasteiger partial charge on any atom is 0.271 e. The molecule has 1 aliphatic carbocycles. The molecular weight excluding hydrogens is 368 g/mol. The van der Waals surface area contributed by atoms with Crippen molar-refractivity contribution in [3.8, 4) is 17.0 Å². The third-order valence-corrected chi connectivity index (χ3v) is 5.90. The van der Waals surface area contributed by atoms with Crippen molar-refractivity contribution >= 4 is 11.8 Å². The molecule has 0 bridgehead atoms. The predicted molar refractivity (Wildman–Crippen MR) is 109 cm³/mol. The zero-order valence-corrected chi connectivity index (χ0v) is 17.0. The highest BCUT2D eigenvalue weighted by Gasteiger charge is 2.37. The van der Waals surface area contributed by atoms with Crippen LogP contribution < -0.4 is 0 Å². The highest BCUT2D eigenvalue weighted by molar-refractivity contribution is 5.94. The van der Waals surface area contributed by atoms with Gasteiger partial charge in [-0.2, -0.15) is 5.10 Å². The summed E-state index contributed by atoms with van der Waals surface area (Å²) in [6, 6.07) is 8.47. The van der Waals surface area contributed by atoms with Crippen molar-refractivity contribution in [2.75, 3.05) is 19.6 Å². The molecule has 4 rings (SSSR count). The molecule has 29 heavy (non-hydrogen) atoms. The van der Waals surface area contributed by atoms with Gasteiger partial charge < -0.3 is 14.9 Å². The van der Waals surface area contributed by atoms with Crippen molar-refractivity contribution in [3.63, 3.8) is 0 Å². The van der Waals surface area contributed by atoms with Gasteiger partial charge in [0.1, 0.15) is 11.4 Å². The number of hydrogen-bond acceptors (Lipinski definition) is 4. The normalized spacial score (nSPS) is 20.2. The van der Waals surface area contributed by atoms with Crippen LogP contribution in [0.5, 0.6) is 5.75 Å². The van der Waals surface area contributed by atoms with Crippen LogP contribution in [0, 0.1) is 11.8 Å². The van der Waals surface area contributed by atoms with Gasteiger partial charge in [-0.1, -0.05) is 13.8 Å². The number of carbonyl (C=O) groups is 2. The fourth-order valence-corrected chi connectivity index (χ4v) is 3.93. The summed E-state index contributed by atoms with van der Waals surface area (Å²) < 4.78 is 0. The third-order valence-electron chi connectivity index (χ3n) is 5.90. The van der Waals surface area contributed by atoms with Crippen molar-refractivity contribution < 1.29 is 14.7 Å². The summed E-state index contributed by atoms with van der Waals surface area (Å²) in [5, 5.41) is 16.5. The number of hydrogen-bond donors (Lipinski definition) is 2. The van der Waals surface area contributed by atoms with Gasteiger partial charge in [-0.3, -0.25) is 14.7 Å². The van der Waals surface area contributed by atoms with Crippen LogP contribution in [0.25, 0.3) is 11.3 Å². The lowest BCUT2D eigenvalue weighted by molar-refractivity contribution is -0.133. The Hall–Kier alpha value is -2.83. The lowest BCUT2D eigenvalue weighted by atomic mass is 10.0. The maximum atomic E-state index is 13.2. The topological polar surface area (TPSA) is 89.5 Å². The maximum absolute atomic E-state index is 13.2. The van der Waals surface area contributed by atoms with Gasteiger partial charge >= 0.3 is 0 Å². The number of H-pyrrole nitrogens is 1. The Morgan fingerprint density at radius 1 is 1.28 bits per heavy atom. The number of phenols is 1. The fourth-order valence-electron chi connectivity index (χ4n) is 3.93. The molecule has 154 valence electrons. The Bertz CT molecular complexity index is 886. The molecular formula is C22H28N4O3. The number of benzene rings is 1. The van der Waals surface area contributed by atoms with Crippen LogP contribution in [0.15, 0.2) is 30.3 Å². The summed E-state index contributed by atoms with van der Waals surface area (Å²) in [7, 11) is 0. The Kier molecular flexibility index (Phi) is 5.30. The average molecular weight is 396 g/mol. The molecule has 1 saturated carbocycles. The third kappa shape index (κ3) is 4.28. The van der Waals surface area contributed by atoms with Crippen LogP contribution in [0.3, 0.4) is 0 Å². The molecule has 1 aromatic carbocycles. The molecule has 0 spiro atoms. The van der Waals surface area contributed by atoms with E-state index in [-0.39, 0.29) is 29.5 Å². The average Bonchev–Trinajstić information content (AvgIpc) is 3.42. The molecule has 2 N–H and O–H groups in total. The summed E-state index contributed by atoms with van der Waals surface area (Å²) >= 11 is 0. The van der Waals surface area contributed by atoms with E-state index in [2.05, 4.69) is 24.0 Å². The number of nitrogens with zero attached hydrogens (tertiary/aromatic N) is 3. The highest BCUT2D eigenvalue weighted by Crippen LogP contribution is 2.32. The molecule has 2 aliphatic rings. The summed E-state index contributed by atoms with van der Waals surface area (Å²) in [5.41, 5.74) is 1.88. The standard InChI is InChI=1S/C22H28N4O3/c1-14(2)20-13-25(10-9-21(28)26(20)12-15-3-4-15)22(29)19-11-18(23-24-19)16-5-7-17(27)8-6-16/h5-8,11,14-15,20,27H,3-4,9-10,12-13H2,1-2H3,(H,23,24)/t20-/m1/s1. The molecule has 2 amide bonds. The number of carbonyl (C=O) groups excluding carboxylic acids is 2. The van der Waals surface area contributed by atoms with E-state index < -0.39 is 0 Å². The number of phenolic OH excluding ortho intramolecular Hbond substituents is 1. The van der Waals surface area contributed by atoms with Crippen molar-refractivity contribution in [1.29, 1.82) is 0 Å². The van der Waals surface area contributed by atoms with E-state index in [1.54, 1.807) is 35.2 Å². The first-order chi connectivity index (χ1) is 13.9. The number of amides is 2. The lowest BCUT2D eigenvalue weighted by Crippen LogP contribution is -2.48. The second kappa shape index (κ2) is 7.89. The van der Waals surface area contributed by atoms with Gasteiger partial charge in [0, 0.05) is 31.6 Å². The van der Waals surface area contributed by atoms with Gasteiger partial charge in [-0.15, -0.1) is 0 Å². The molecule has 7 nitrogen and oxygen atoms in total. The van der Waals surface area contributed by atoms with E-state index in [0.29, 0.717) is 36.8 Å². The molecule has 1 saturated heterocycles. The van der Waals surface area contributed by atoms with Gasteiger partial charge in [-0.25, -0.2) is 0 Å². The molecule has 2 fully saturated rings. The first kappa shape index (κ1) is 19.5.